The molecular weight excluding hydrogens is 464 g/mol. The van der Waals surface area contributed by atoms with Crippen LogP contribution in [0.3, 0.4) is 0 Å². The minimum absolute atomic E-state index is 0.0450. The van der Waals surface area contributed by atoms with Crippen LogP contribution in [0.25, 0.3) is 16.8 Å². The number of carbonyl (C=O) groups is 1. The fourth-order valence-electron chi connectivity index (χ4n) is 3.53. The molecule has 0 amide bonds. The molecule has 4 aromatic rings. The van der Waals surface area contributed by atoms with E-state index in [-0.39, 0.29) is 5.78 Å². The van der Waals surface area contributed by atoms with Crippen molar-refractivity contribution < 1.29 is 14.3 Å². The third kappa shape index (κ3) is 4.92. The summed E-state index contributed by atoms with van der Waals surface area (Å²) in [7, 11) is 1.61. The molecule has 0 saturated heterocycles. The van der Waals surface area contributed by atoms with Gasteiger partial charge in [0.25, 0.3) is 0 Å². The second-order valence-corrected chi connectivity index (χ2v) is 8.38. The van der Waals surface area contributed by atoms with Crippen molar-refractivity contribution in [2.45, 2.75) is 13.5 Å². The third-order valence-electron chi connectivity index (χ3n) is 5.27. The molecule has 0 aliphatic rings. The third-order valence-corrected chi connectivity index (χ3v) is 5.86. The lowest BCUT2D eigenvalue weighted by molar-refractivity contribution is 0.104. The lowest BCUT2D eigenvalue weighted by Gasteiger charge is -2.14. The Kier molecular flexibility index (Phi) is 6.72. The molecule has 0 bridgehead atoms. The number of ketones is 1. The first-order valence-electron chi connectivity index (χ1n) is 10.3. The number of methoxy groups -OCH3 is 1. The summed E-state index contributed by atoms with van der Waals surface area (Å²) in [6, 6.07) is 25.8. The number of carbonyl (C=O) groups excluding carboxylic acids is 1. The van der Waals surface area contributed by atoms with Crippen LogP contribution in [0, 0.1) is 6.92 Å². The average Bonchev–Trinajstić information content (AvgIpc) is 2.82. The molecule has 4 aromatic carbocycles. The second-order valence-electron chi connectivity index (χ2n) is 7.52. The Morgan fingerprint density at radius 3 is 2.50 bits per heavy atom. The molecule has 4 rings (SSSR count). The van der Waals surface area contributed by atoms with E-state index in [0.29, 0.717) is 23.7 Å². The molecule has 0 fully saturated rings. The van der Waals surface area contributed by atoms with Gasteiger partial charge >= 0.3 is 0 Å². The van der Waals surface area contributed by atoms with E-state index in [0.717, 1.165) is 21.2 Å². The highest BCUT2D eigenvalue weighted by Crippen LogP contribution is 2.38. The first kappa shape index (κ1) is 21.8. The van der Waals surface area contributed by atoms with Crippen molar-refractivity contribution in [3.8, 4) is 11.5 Å². The van der Waals surface area contributed by atoms with Gasteiger partial charge in [0.2, 0.25) is 0 Å². The zero-order chi connectivity index (χ0) is 22.5. The van der Waals surface area contributed by atoms with Crippen LogP contribution in [0.5, 0.6) is 11.5 Å². The van der Waals surface area contributed by atoms with Gasteiger partial charge < -0.3 is 9.47 Å². The van der Waals surface area contributed by atoms with Crippen LogP contribution >= 0.6 is 15.9 Å². The molecule has 0 aromatic heterocycles. The van der Waals surface area contributed by atoms with Crippen LogP contribution in [0.1, 0.15) is 27.0 Å². The highest BCUT2D eigenvalue weighted by Gasteiger charge is 2.12. The molecule has 0 saturated carbocycles. The smallest absolute Gasteiger partial charge is 0.185 e. The van der Waals surface area contributed by atoms with Gasteiger partial charge in [-0.3, -0.25) is 4.79 Å². The molecule has 0 radical (unpaired) electrons. The quantitative estimate of drug-likeness (QED) is 0.201. The van der Waals surface area contributed by atoms with Crippen LogP contribution in [0.15, 0.2) is 89.4 Å². The van der Waals surface area contributed by atoms with Gasteiger partial charge in [0, 0.05) is 5.56 Å². The van der Waals surface area contributed by atoms with E-state index in [1.54, 1.807) is 19.3 Å². The summed E-state index contributed by atoms with van der Waals surface area (Å²) in [4.78, 5) is 12.4. The number of fused-ring (bicyclic) bond motifs is 1. The molecule has 32 heavy (non-hydrogen) atoms. The Hall–Kier alpha value is -3.37. The first-order chi connectivity index (χ1) is 15.5. The molecule has 0 atom stereocenters. The van der Waals surface area contributed by atoms with Crippen molar-refractivity contribution in [3.05, 3.63) is 112 Å². The van der Waals surface area contributed by atoms with Gasteiger partial charge in [0.1, 0.15) is 6.61 Å². The van der Waals surface area contributed by atoms with Crippen molar-refractivity contribution in [2.75, 3.05) is 7.11 Å². The molecule has 4 heteroatoms. The number of halogens is 1. The highest BCUT2D eigenvalue weighted by atomic mass is 79.9. The SMILES string of the molecule is COc1cc(/C=C/C(=O)c2ccc(C)cc2)cc(Br)c1OCc1cccc2ccccc12. The molecule has 3 nitrogen and oxygen atoms in total. The predicted octanol–water partition coefficient (Wildman–Crippen LogP) is 7.39. The fraction of sp³-hybridized carbons (Fsp3) is 0.107. The Morgan fingerprint density at radius 2 is 1.72 bits per heavy atom. The summed E-state index contributed by atoms with van der Waals surface area (Å²) in [6.45, 7) is 2.41. The maximum Gasteiger partial charge on any atom is 0.185 e. The molecule has 0 heterocycles. The monoisotopic (exact) mass is 486 g/mol. The van der Waals surface area contributed by atoms with Gasteiger partial charge in [0.05, 0.1) is 11.6 Å². The van der Waals surface area contributed by atoms with E-state index >= 15 is 0 Å². The molecule has 0 spiro atoms. The molecule has 0 unspecified atom stereocenters. The fourth-order valence-corrected chi connectivity index (χ4v) is 4.10. The van der Waals surface area contributed by atoms with Crippen molar-refractivity contribution in [1.29, 1.82) is 0 Å². The van der Waals surface area contributed by atoms with Gasteiger partial charge in [-0.2, -0.15) is 0 Å². The zero-order valence-electron chi connectivity index (χ0n) is 18.0. The van der Waals surface area contributed by atoms with Crippen molar-refractivity contribution in [2.24, 2.45) is 0 Å². The summed E-state index contributed by atoms with van der Waals surface area (Å²) < 4.78 is 12.5. The topological polar surface area (TPSA) is 35.5 Å². The Balaban J connectivity index is 1.54. The van der Waals surface area contributed by atoms with E-state index in [2.05, 4.69) is 40.2 Å². The van der Waals surface area contributed by atoms with Gasteiger partial charge in [0.15, 0.2) is 17.3 Å². The standard InChI is InChI=1S/C28H23BrO3/c1-19-10-13-22(14-11-19)26(30)15-12-20-16-25(29)28(27(17-20)31-2)32-18-23-8-5-7-21-6-3-4-9-24(21)23/h3-17H,18H2,1-2H3/b15-12+. The summed E-state index contributed by atoms with van der Waals surface area (Å²) in [6.07, 6.45) is 3.35. The second kappa shape index (κ2) is 9.84. The van der Waals surface area contributed by atoms with E-state index < -0.39 is 0 Å². The molecular formula is C28H23BrO3. The first-order valence-corrected chi connectivity index (χ1v) is 11.1. The zero-order valence-corrected chi connectivity index (χ0v) is 19.6. The number of hydrogen-bond donors (Lipinski definition) is 0. The van der Waals surface area contributed by atoms with Crippen molar-refractivity contribution in [1.82, 2.24) is 0 Å². The van der Waals surface area contributed by atoms with Crippen LogP contribution in [0.2, 0.25) is 0 Å². The minimum atomic E-state index is -0.0450. The minimum Gasteiger partial charge on any atom is -0.493 e. The Morgan fingerprint density at radius 1 is 0.969 bits per heavy atom. The maximum absolute atomic E-state index is 12.4. The average molecular weight is 487 g/mol. The molecule has 0 aliphatic heterocycles. The van der Waals surface area contributed by atoms with Gasteiger partial charge in [-0.05, 0) is 63.0 Å². The van der Waals surface area contributed by atoms with Crippen LogP contribution in [-0.4, -0.2) is 12.9 Å². The Labute approximate surface area is 196 Å². The number of benzene rings is 4. The van der Waals surface area contributed by atoms with E-state index in [9.17, 15) is 4.79 Å². The van der Waals surface area contributed by atoms with Crippen molar-refractivity contribution in [3.63, 3.8) is 0 Å². The van der Waals surface area contributed by atoms with Crippen molar-refractivity contribution >= 4 is 38.6 Å². The van der Waals surface area contributed by atoms with Crippen LogP contribution in [0.4, 0.5) is 0 Å². The maximum atomic E-state index is 12.4. The summed E-state index contributed by atoms with van der Waals surface area (Å²) in [5, 5.41) is 2.35. The number of allylic oxidation sites excluding steroid dienone is 1. The van der Waals surface area contributed by atoms with E-state index in [1.165, 1.54) is 10.8 Å². The number of hydrogen-bond acceptors (Lipinski definition) is 3. The van der Waals surface area contributed by atoms with E-state index in [4.69, 9.17) is 9.47 Å². The lowest BCUT2D eigenvalue weighted by Crippen LogP contribution is -2.00. The largest absolute Gasteiger partial charge is 0.493 e. The summed E-state index contributed by atoms with van der Waals surface area (Å²) in [5.41, 5.74) is 3.72. The number of ether oxygens (including phenoxy) is 2. The highest BCUT2D eigenvalue weighted by molar-refractivity contribution is 9.10. The molecule has 160 valence electrons. The van der Waals surface area contributed by atoms with Crippen LogP contribution < -0.4 is 9.47 Å². The number of rotatable bonds is 7. The summed E-state index contributed by atoms with van der Waals surface area (Å²) in [5.74, 6) is 1.18. The Bertz CT molecular complexity index is 1280. The lowest BCUT2D eigenvalue weighted by atomic mass is 10.1. The summed E-state index contributed by atoms with van der Waals surface area (Å²) >= 11 is 3.60. The predicted molar refractivity (Wildman–Crippen MR) is 134 cm³/mol. The van der Waals surface area contributed by atoms with E-state index in [1.807, 2.05) is 61.5 Å². The van der Waals surface area contributed by atoms with Gasteiger partial charge in [-0.25, -0.2) is 0 Å². The van der Waals surface area contributed by atoms with Crippen LogP contribution in [-0.2, 0) is 6.61 Å². The number of aryl methyl sites for hydroxylation is 1. The molecule has 0 aliphatic carbocycles. The van der Waals surface area contributed by atoms with Gasteiger partial charge in [-0.1, -0.05) is 78.4 Å². The van der Waals surface area contributed by atoms with Gasteiger partial charge in [-0.15, -0.1) is 0 Å². The molecule has 0 N–H and O–H groups in total. The normalized spacial score (nSPS) is 11.1.